The van der Waals surface area contributed by atoms with Crippen molar-refractivity contribution >= 4 is 34.9 Å². The second-order valence-electron chi connectivity index (χ2n) is 8.49. The second kappa shape index (κ2) is 10.9. The Morgan fingerprint density at radius 2 is 1.68 bits per heavy atom. The molecule has 0 saturated heterocycles. The molecule has 4 aromatic rings. The number of benzene rings is 3. The molecule has 0 bridgehead atoms. The van der Waals surface area contributed by atoms with Gasteiger partial charge in [-0.25, -0.2) is 19.3 Å². The van der Waals surface area contributed by atoms with Gasteiger partial charge in [0.1, 0.15) is 11.5 Å². The van der Waals surface area contributed by atoms with E-state index < -0.39 is 30.2 Å². The lowest BCUT2D eigenvalue weighted by molar-refractivity contribution is -0.137. The van der Waals surface area contributed by atoms with Crippen molar-refractivity contribution < 1.29 is 37.4 Å². The summed E-state index contributed by atoms with van der Waals surface area (Å²) in [5.74, 6) is 0.853. The fourth-order valence-electron chi connectivity index (χ4n) is 3.92. The van der Waals surface area contributed by atoms with E-state index in [0.29, 0.717) is 28.6 Å². The second-order valence-corrected chi connectivity index (χ2v) is 8.49. The number of urea groups is 1. The van der Waals surface area contributed by atoms with Crippen molar-refractivity contribution in [2.75, 3.05) is 28.1 Å². The normalized spacial score (nSPS) is 14.1. The van der Waals surface area contributed by atoms with Gasteiger partial charge in [0, 0.05) is 17.4 Å². The zero-order valence-corrected chi connectivity index (χ0v) is 21.0. The summed E-state index contributed by atoms with van der Waals surface area (Å²) in [5.41, 5.74) is 0.175. The molecule has 0 aliphatic carbocycles. The Morgan fingerprint density at radius 3 is 2.37 bits per heavy atom. The summed E-state index contributed by atoms with van der Waals surface area (Å²) < 4.78 is 51.6. The van der Waals surface area contributed by atoms with Crippen LogP contribution in [0.4, 0.5) is 45.5 Å². The number of nitrogens with one attached hydrogen (secondary N) is 4. The van der Waals surface area contributed by atoms with Crippen molar-refractivity contribution in [1.29, 1.82) is 0 Å². The van der Waals surface area contributed by atoms with Crippen molar-refractivity contribution in [3.05, 3.63) is 78.6 Å². The number of nitrogens with zero attached hydrogens (tertiary/aromatic N) is 4. The average Bonchev–Trinajstić information content (AvgIpc) is 3.57. The molecule has 3 amide bonds. The van der Waals surface area contributed by atoms with E-state index in [2.05, 4.69) is 36.3 Å². The Bertz CT molecular complexity index is 1560. The molecule has 1 aromatic heterocycles. The molecular weight excluding hydrogens is 549 g/mol. The number of hydroxylamine groups is 1. The quantitative estimate of drug-likeness (QED) is 0.216. The van der Waals surface area contributed by atoms with E-state index in [0.717, 1.165) is 27.9 Å². The van der Waals surface area contributed by atoms with Crippen LogP contribution in [0.25, 0.3) is 5.69 Å². The summed E-state index contributed by atoms with van der Waals surface area (Å²) in [7, 11) is 1.20. The summed E-state index contributed by atoms with van der Waals surface area (Å²) in [6, 6.07) is 13.6. The van der Waals surface area contributed by atoms with E-state index in [1.165, 1.54) is 19.5 Å². The van der Waals surface area contributed by atoms with Crippen molar-refractivity contribution in [3.8, 4) is 17.2 Å². The molecule has 1 aliphatic rings. The Kier molecular flexibility index (Phi) is 7.22. The standard InChI is InChI=1S/C25H21F3N8O5/c1-40-24(38)33-22-32-19-13-17(7-9-20(19)36(22)39)41-16-5-2-14(3-6-16)30-23(37)31-15-4-8-18(25(26,27)28)21(12-15)35-11-10-29-34-35/h2-13,22,32,39H,1H3,(H,33,38)(H2,30,31,37). The van der Waals surface area contributed by atoms with Crippen molar-refractivity contribution in [2.45, 2.75) is 12.5 Å². The van der Waals surface area contributed by atoms with Crippen LogP contribution >= 0.6 is 0 Å². The van der Waals surface area contributed by atoms with Gasteiger partial charge in [0.2, 0.25) is 6.29 Å². The zero-order chi connectivity index (χ0) is 29.1. The minimum atomic E-state index is -4.63. The first-order valence-electron chi connectivity index (χ1n) is 11.8. The lowest BCUT2D eigenvalue weighted by atomic mass is 10.1. The van der Waals surface area contributed by atoms with Crippen LogP contribution in [0.1, 0.15) is 5.56 Å². The molecule has 0 spiro atoms. The van der Waals surface area contributed by atoms with Crippen LogP contribution < -0.4 is 31.1 Å². The van der Waals surface area contributed by atoms with Crippen LogP contribution in [0.15, 0.2) is 73.1 Å². The largest absolute Gasteiger partial charge is 0.457 e. The Balaban J connectivity index is 1.21. The number of carbonyl (C=O) groups excluding carboxylic acids is 2. The van der Waals surface area contributed by atoms with E-state index in [1.807, 2.05) is 0 Å². The highest BCUT2D eigenvalue weighted by Gasteiger charge is 2.34. The third-order valence-corrected chi connectivity index (χ3v) is 5.77. The summed E-state index contributed by atoms with van der Waals surface area (Å²) in [5, 5.41) is 28.6. The van der Waals surface area contributed by atoms with E-state index in [-0.39, 0.29) is 11.4 Å². The number of aromatic nitrogens is 3. The third kappa shape index (κ3) is 6.06. The van der Waals surface area contributed by atoms with Crippen LogP contribution in [0, 0.1) is 0 Å². The summed E-state index contributed by atoms with van der Waals surface area (Å²) >= 11 is 0. The van der Waals surface area contributed by atoms with Gasteiger partial charge in [0.25, 0.3) is 0 Å². The van der Waals surface area contributed by atoms with Crippen molar-refractivity contribution in [2.24, 2.45) is 0 Å². The van der Waals surface area contributed by atoms with E-state index >= 15 is 0 Å². The van der Waals surface area contributed by atoms with Gasteiger partial charge in [-0.05, 0) is 54.6 Å². The number of amides is 3. The molecular formula is C25H21F3N8O5. The molecule has 1 unspecified atom stereocenters. The first-order valence-corrected chi connectivity index (χ1v) is 11.8. The van der Waals surface area contributed by atoms with Gasteiger partial charge < -0.3 is 25.4 Å². The minimum Gasteiger partial charge on any atom is -0.457 e. The third-order valence-electron chi connectivity index (χ3n) is 5.77. The maximum Gasteiger partial charge on any atom is 0.418 e. The molecule has 0 radical (unpaired) electrons. The summed E-state index contributed by atoms with van der Waals surface area (Å²) in [6.45, 7) is 0. The van der Waals surface area contributed by atoms with E-state index in [9.17, 15) is 28.0 Å². The molecule has 13 nitrogen and oxygen atoms in total. The number of hydrogen-bond acceptors (Lipinski definition) is 9. The van der Waals surface area contributed by atoms with Gasteiger partial charge in [-0.3, -0.25) is 10.5 Å². The summed E-state index contributed by atoms with van der Waals surface area (Å²) in [4.78, 5) is 24.0. The van der Waals surface area contributed by atoms with Gasteiger partial charge in [-0.2, -0.15) is 13.2 Å². The number of alkyl carbamates (subject to hydrolysis) is 1. The number of rotatable bonds is 6. The SMILES string of the molecule is COC(=O)NC1Nc2cc(Oc3ccc(NC(=O)Nc4ccc(C(F)(F)F)c(-n5ccnn5)c4)cc3)ccc2N1O. The summed E-state index contributed by atoms with van der Waals surface area (Å²) in [6.07, 6.45) is -3.79. The monoisotopic (exact) mass is 570 g/mol. The molecule has 0 fully saturated rings. The molecule has 16 heteroatoms. The van der Waals surface area contributed by atoms with Crippen LogP contribution in [-0.2, 0) is 10.9 Å². The number of carbonyl (C=O) groups is 2. The molecule has 1 aliphatic heterocycles. The number of fused-ring (bicyclic) bond motifs is 1. The molecule has 2 heterocycles. The maximum absolute atomic E-state index is 13.4. The number of halogens is 3. The maximum atomic E-state index is 13.4. The number of anilines is 4. The Labute approximate surface area is 229 Å². The molecule has 0 saturated carbocycles. The molecule has 212 valence electrons. The molecule has 5 N–H and O–H groups in total. The topological polar surface area (TPSA) is 155 Å². The minimum absolute atomic E-state index is 0.108. The van der Waals surface area contributed by atoms with Gasteiger partial charge >= 0.3 is 18.3 Å². The number of methoxy groups -OCH3 is 1. The average molecular weight is 570 g/mol. The molecule has 3 aromatic carbocycles. The first kappa shape index (κ1) is 27.1. The predicted octanol–water partition coefficient (Wildman–Crippen LogP) is 4.98. The van der Waals surface area contributed by atoms with Gasteiger partial charge in [-0.1, -0.05) is 5.21 Å². The highest BCUT2D eigenvalue weighted by atomic mass is 19.4. The first-order chi connectivity index (χ1) is 19.6. The van der Waals surface area contributed by atoms with Crippen LogP contribution in [0.5, 0.6) is 11.5 Å². The predicted molar refractivity (Wildman–Crippen MR) is 139 cm³/mol. The Morgan fingerprint density at radius 1 is 0.976 bits per heavy atom. The number of alkyl halides is 3. The fourth-order valence-corrected chi connectivity index (χ4v) is 3.92. The lowest BCUT2D eigenvalue weighted by Gasteiger charge is -2.19. The zero-order valence-electron chi connectivity index (χ0n) is 21.0. The van der Waals surface area contributed by atoms with Gasteiger partial charge in [-0.15, -0.1) is 5.10 Å². The molecule has 41 heavy (non-hydrogen) atoms. The van der Waals surface area contributed by atoms with Crippen molar-refractivity contribution in [3.63, 3.8) is 0 Å². The van der Waals surface area contributed by atoms with Gasteiger partial charge in [0.15, 0.2) is 0 Å². The molecule has 5 rings (SSSR count). The van der Waals surface area contributed by atoms with E-state index in [4.69, 9.17) is 4.74 Å². The number of hydrogen-bond donors (Lipinski definition) is 5. The highest BCUT2D eigenvalue weighted by molar-refractivity contribution is 6.00. The van der Waals surface area contributed by atoms with Crippen LogP contribution in [0.3, 0.4) is 0 Å². The number of ether oxygens (including phenoxy) is 2. The van der Waals surface area contributed by atoms with Crippen LogP contribution in [0.2, 0.25) is 0 Å². The smallest absolute Gasteiger partial charge is 0.418 e. The van der Waals surface area contributed by atoms with Crippen molar-refractivity contribution in [1.82, 2.24) is 20.3 Å². The molecule has 1 atom stereocenters. The Hall–Kier alpha value is -5.51. The lowest BCUT2D eigenvalue weighted by Crippen LogP contribution is -2.48. The highest BCUT2D eigenvalue weighted by Crippen LogP contribution is 2.37. The van der Waals surface area contributed by atoms with Gasteiger partial charge in [0.05, 0.1) is 42.1 Å². The van der Waals surface area contributed by atoms with Crippen LogP contribution in [-0.4, -0.2) is 45.7 Å². The van der Waals surface area contributed by atoms with E-state index in [1.54, 1.807) is 42.5 Å². The fraction of sp³-hybridized carbons (Fsp3) is 0.120.